The van der Waals surface area contributed by atoms with Gasteiger partial charge in [-0.2, -0.15) is 0 Å². The molecule has 0 spiro atoms. The molecule has 0 saturated carbocycles. The number of nitrogens with zero attached hydrogens (tertiary/aromatic N) is 2. The van der Waals surface area contributed by atoms with Crippen LogP contribution in [0.5, 0.6) is 5.75 Å². The summed E-state index contributed by atoms with van der Waals surface area (Å²) in [6.07, 6.45) is 3.30. The van der Waals surface area contributed by atoms with Gasteiger partial charge in [0.05, 0.1) is 18.7 Å². The number of hydrogen-bond acceptors (Lipinski definition) is 5. The van der Waals surface area contributed by atoms with Crippen LogP contribution in [0.15, 0.2) is 83.1 Å². The van der Waals surface area contributed by atoms with Crippen LogP contribution in [0.4, 0.5) is 0 Å². The average Bonchev–Trinajstić information content (AvgIpc) is 3.04. The summed E-state index contributed by atoms with van der Waals surface area (Å²) in [4.78, 5) is 31.7. The number of pyridine rings is 1. The molecule has 1 N–H and O–H groups in total. The van der Waals surface area contributed by atoms with Crippen LogP contribution in [0.1, 0.15) is 22.7 Å². The minimum Gasteiger partial charge on any atom is -0.507 e. The van der Waals surface area contributed by atoms with Crippen molar-refractivity contribution in [2.45, 2.75) is 12.6 Å². The van der Waals surface area contributed by atoms with Crippen LogP contribution in [0, 0.1) is 0 Å². The molecule has 1 fully saturated rings. The topological polar surface area (TPSA) is 79.7 Å². The van der Waals surface area contributed by atoms with E-state index in [9.17, 15) is 14.7 Å². The lowest BCUT2D eigenvalue weighted by atomic mass is 9.95. The van der Waals surface area contributed by atoms with Crippen molar-refractivity contribution in [3.63, 3.8) is 0 Å². The summed E-state index contributed by atoms with van der Waals surface area (Å²) < 4.78 is 6.04. The highest BCUT2D eigenvalue weighted by molar-refractivity contribution is 9.10. The van der Waals surface area contributed by atoms with E-state index >= 15 is 0 Å². The van der Waals surface area contributed by atoms with E-state index in [1.807, 2.05) is 30.3 Å². The molecule has 1 aliphatic rings. The van der Waals surface area contributed by atoms with Gasteiger partial charge in [-0.1, -0.05) is 46.3 Å². The Bertz CT molecular complexity index is 1180. The monoisotopic (exact) mass is 478 g/mol. The molecule has 1 aliphatic heterocycles. The summed E-state index contributed by atoms with van der Waals surface area (Å²) >= 11 is 3.45. The largest absolute Gasteiger partial charge is 0.507 e. The summed E-state index contributed by atoms with van der Waals surface area (Å²) in [6, 6.07) is 17.0. The van der Waals surface area contributed by atoms with Crippen molar-refractivity contribution in [1.29, 1.82) is 0 Å². The molecular weight excluding hydrogens is 460 g/mol. The summed E-state index contributed by atoms with van der Waals surface area (Å²) in [5.41, 5.74) is 1.94. The Kier molecular flexibility index (Phi) is 5.86. The predicted octanol–water partition coefficient (Wildman–Crippen LogP) is 4.47. The quantitative estimate of drug-likeness (QED) is 0.332. The molecular formula is C24H19BrN2O4. The number of amides is 1. The molecule has 1 saturated heterocycles. The van der Waals surface area contributed by atoms with Crippen molar-refractivity contribution in [1.82, 2.24) is 9.88 Å². The van der Waals surface area contributed by atoms with Gasteiger partial charge in [-0.3, -0.25) is 14.6 Å². The number of ketones is 1. The van der Waals surface area contributed by atoms with E-state index in [0.717, 1.165) is 10.0 Å². The van der Waals surface area contributed by atoms with Crippen molar-refractivity contribution in [3.05, 3.63) is 99.8 Å². The van der Waals surface area contributed by atoms with Crippen molar-refractivity contribution in [2.24, 2.45) is 0 Å². The van der Waals surface area contributed by atoms with Crippen LogP contribution in [0.2, 0.25) is 0 Å². The Morgan fingerprint density at radius 3 is 2.65 bits per heavy atom. The van der Waals surface area contributed by atoms with Crippen LogP contribution in [0.25, 0.3) is 5.76 Å². The Hall–Kier alpha value is -3.45. The van der Waals surface area contributed by atoms with Crippen molar-refractivity contribution in [3.8, 4) is 5.75 Å². The van der Waals surface area contributed by atoms with Crippen LogP contribution in [-0.4, -0.2) is 33.8 Å². The number of carbonyl (C=O) groups is 2. The van der Waals surface area contributed by atoms with Gasteiger partial charge in [-0.25, -0.2) is 0 Å². The zero-order chi connectivity index (χ0) is 22.0. The lowest BCUT2D eigenvalue weighted by Gasteiger charge is -2.25. The standard InChI is InChI=1S/C24H19BrN2O4/c1-31-19-9-3-7-17(12-19)22(28)20-21(16-6-2-8-18(25)11-16)27(24(30)23(20)29)14-15-5-4-10-26-13-15/h2-13,21,28H,14H2,1H3/b22-20+. The van der Waals surface area contributed by atoms with Crippen molar-refractivity contribution < 1.29 is 19.4 Å². The molecule has 7 heteroatoms. The number of Topliss-reactive ketones (excluding diaryl/α,β-unsaturated/α-hetero) is 1. The summed E-state index contributed by atoms with van der Waals surface area (Å²) in [6.45, 7) is 0.185. The average molecular weight is 479 g/mol. The van der Waals surface area contributed by atoms with Gasteiger partial charge < -0.3 is 14.7 Å². The summed E-state index contributed by atoms with van der Waals surface area (Å²) in [5, 5.41) is 11.1. The molecule has 0 radical (unpaired) electrons. The number of rotatable bonds is 5. The number of carbonyl (C=O) groups excluding carboxylic acids is 2. The molecule has 1 atom stereocenters. The second-order valence-corrected chi connectivity index (χ2v) is 7.99. The molecule has 2 aromatic carbocycles. The van der Waals surface area contributed by atoms with E-state index < -0.39 is 17.7 Å². The molecule has 156 valence electrons. The number of aliphatic hydroxyl groups is 1. The first-order valence-corrected chi connectivity index (χ1v) is 10.4. The molecule has 2 heterocycles. The third kappa shape index (κ3) is 4.09. The number of aliphatic hydroxyl groups excluding tert-OH is 1. The second kappa shape index (κ2) is 8.73. The summed E-state index contributed by atoms with van der Waals surface area (Å²) in [5.74, 6) is -1.10. The SMILES string of the molecule is COc1cccc(/C(O)=C2\C(=O)C(=O)N(Cc3cccnc3)C2c2cccc(Br)c2)c1. The van der Waals surface area contributed by atoms with E-state index in [-0.39, 0.29) is 17.9 Å². The number of methoxy groups -OCH3 is 1. The van der Waals surface area contributed by atoms with Crippen LogP contribution >= 0.6 is 15.9 Å². The minimum atomic E-state index is -0.746. The highest BCUT2D eigenvalue weighted by Crippen LogP contribution is 2.41. The Balaban J connectivity index is 1.87. The molecule has 0 aliphatic carbocycles. The van der Waals surface area contributed by atoms with Gasteiger partial charge in [0.15, 0.2) is 0 Å². The molecule has 4 rings (SSSR count). The van der Waals surface area contributed by atoms with Crippen LogP contribution < -0.4 is 4.74 Å². The van der Waals surface area contributed by atoms with Gasteiger partial charge in [0.1, 0.15) is 11.5 Å². The molecule has 1 unspecified atom stereocenters. The normalized spacial score (nSPS) is 17.7. The molecule has 1 aromatic heterocycles. The molecule has 1 amide bonds. The number of benzene rings is 2. The van der Waals surface area contributed by atoms with Crippen molar-refractivity contribution >= 4 is 33.4 Å². The molecule has 3 aromatic rings. The van der Waals surface area contributed by atoms with Gasteiger partial charge >= 0.3 is 0 Å². The van der Waals surface area contributed by atoms with Crippen molar-refractivity contribution in [2.75, 3.05) is 7.11 Å². The fourth-order valence-corrected chi connectivity index (χ4v) is 4.10. The Morgan fingerprint density at radius 2 is 1.94 bits per heavy atom. The number of ether oxygens (including phenoxy) is 1. The second-order valence-electron chi connectivity index (χ2n) is 7.08. The lowest BCUT2D eigenvalue weighted by molar-refractivity contribution is -0.140. The van der Waals surface area contributed by atoms with E-state index in [1.165, 1.54) is 12.0 Å². The number of likely N-dealkylation sites (tertiary alicyclic amines) is 1. The van der Waals surface area contributed by atoms with Gasteiger partial charge in [-0.15, -0.1) is 0 Å². The maximum atomic E-state index is 13.1. The minimum absolute atomic E-state index is 0.0419. The predicted molar refractivity (Wildman–Crippen MR) is 119 cm³/mol. The first-order valence-electron chi connectivity index (χ1n) is 9.57. The Morgan fingerprint density at radius 1 is 1.13 bits per heavy atom. The zero-order valence-corrected chi connectivity index (χ0v) is 18.2. The summed E-state index contributed by atoms with van der Waals surface area (Å²) in [7, 11) is 1.52. The molecule has 0 bridgehead atoms. The van der Waals surface area contributed by atoms with Gasteiger partial charge in [-0.05, 0) is 41.5 Å². The third-order valence-electron chi connectivity index (χ3n) is 5.12. The fraction of sp³-hybridized carbons (Fsp3) is 0.125. The van der Waals surface area contributed by atoms with E-state index in [2.05, 4.69) is 20.9 Å². The zero-order valence-electron chi connectivity index (χ0n) is 16.7. The van der Waals surface area contributed by atoms with Crippen LogP contribution in [0.3, 0.4) is 0 Å². The van der Waals surface area contributed by atoms with Gasteiger partial charge in [0.25, 0.3) is 11.7 Å². The fourth-order valence-electron chi connectivity index (χ4n) is 3.68. The Labute approximate surface area is 187 Å². The van der Waals surface area contributed by atoms with E-state index in [4.69, 9.17) is 4.74 Å². The smallest absolute Gasteiger partial charge is 0.295 e. The number of aromatic nitrogens is 1. The highest BCUT2D eigenvalue weighted by atomic mass is 79.9. The first-order chi connectivity index (χ1) is 15.0. The number of halogens is 1. The van der Waals surface area contributed by atoms with Crippen LogP contribution in [-0.2, 0) is 16.1 Å². The van der Waals surface area contributed by atoms with E-state index in [1.54, 1.807) is 42.7 Å². The number of hydrogen-bond donors (Lipinski definition) is 1. The van der Waals surface area contributed by atoms with E-state index in [0.29, 0.717) is 16.9 Å². The highest BCUT2D eigenvalue weighted by Gasteiger charge is 2.46. The first kappa shape index (κ1) is 20.8. The maximum Gasteiger partial charge on any atom is 0.295 e. The molecule has 31 heavy (non-hydrogen) atoms. The lowest BCUT2D eigenvalue weighted by Crippen LogP contribution is -2.29. The third-order valence-corrected chi connectivity index (χ3v) is 5.62. The molecule has 6 nitrogen and oxygen atoms in total. The van der Waals surface area contributed by atoms with Gasteiger partial charge in [0.2, 0.25) is 0 Å². The van der Waals surface area contributed by atoms with Gasteiger partial charge in [0, 0.05) is 29.0 Å². The maximum absolute atomic E-state index is 13.1.